The summed E-state index contributed by atoms with van der Waals surface area (Å²) in [6.07, 6.45) is 3.19. The molecule has 0 aromatic heterocycles. The Balaban J connectivity index is 1.77. The molecule has 1 fully saturated rings. The molecule has 0 saturated carbocycles. The van der Waals surface area contributed by atoms with E-state index in [4.69, 9.17) is 11.6 Å². The van der Waals surface area contributed by atoms with Crippen LogP contribution in [0.25, 0.3) is 0 Å². The van der Waals surface area contributed by atoms with Crippen molar-refractivity contribution in [2.75, 3.05) is 11.9 Å². The molecule has 2 aromatic carbocycles. The predicted octanol–water partition coefficient (Wildman–Crippen LogP) is 5.05. The van der Waals surface area contributed by atoms with Crippen molar-refractivity contribution >= 4 is 29.1 Å². The zero-order valence-corrected chi connectivity index (χ0v) is 16.1. The van der Waals surface area contributed by atoms with Gasteiger partial charge < -0.3 is 10.2 Å². The number of nitrogens with zero attached hydrogens (tertiary/aromatic N) is 1. The van der Waals surface area contributed by atoms with Crippen molar-refractivity contribution in [3.63, 3.8) is 0 Å². The Morgan fingerprint density at radius 2 is 1.96 bits per heavy atom. The van der Waals surface area contributed by atoms with Gasteiger partial charge >= 0.3 is 0 Å². The maximum atomic E-state index is 13.9. The zero-order chi connectivity index (χ0) is 19.6. The van der Waals surface area contributed by atoms with Gasteiger partial charge in [0.05, 0.1) is 5.56 Å². The Kier molecular flexibility index (Phi) is 5.80. The molecular formula is C21H22ClFN2O2. The van der Waals surface area contributed by atoms with Crippen LogP contribution < -0.4 is 5.32 Å². The zero-order valence-electron chi connectivity index (χ0n) is 15.4. The Bertz CT molecular complexity index is 884. The number of likely N-dealkylation sites (tertiary alicyclic amines) is 1. The fourth-order valence-corrected chi connectivity index (χ4v) is 3.54. The number of anilines is 1. The predicted molar refractivity (Wildman–Crippen MR) is 105 cm³/mol. The van der Waals surface area contributed by atoms with Crippen LogP contribution in [0.5, 0.6) is 0 Å². The molecule has 142 valence electrons. The van der Waals surface area contributed by atoms with Crippen molar-refractivity contribution in [1.82, 2.24) is 4.90 Å². The lowest BCUT2D eigenvalue weighted by Crippen LogP contribution is -2.42. The third-order valence-corrected chi connectivity index (χ3v) is 5.19. The molecule has 2 amide bonds. The maximum Gasteiger partial charge on any atom is 0.258 e. The van der Waals surface area contributed by atoms with Gasteiger partial charge in [-0.2, -0.15) is 0 Å². The van der Waals surface area contributed by atoms with Crippen LogP contribution in [0.2, 0.25) is 5.02 Å². The first-order chi connectivity index (χ1) is 12.9. The number of hydrogen-bond donors (Lipinski definition) is 1. The molecule has 0 aliphatic carbocycles. The molecule has 0 spiro atoms. The largest absolute Gasteiger partial charge is 0.336 e. The smallest absolute Gasteiger partial charge is 0.258 e. The van der Waals surface area contributed by atoms with E-state index in [1.165, 1.54) is 12.1 Å². The highest BCUT2D eigenvalue weighted by atomic mass is 35.5. The molecule has 2 aromatic rings. The molecule has 27 heavy (non-hydrogen) atoms. The van der Waals surface area contributed by atoms with Gasteiger partial charge in [0.15, 0.2) is 0 Å². The fourth-order valence-electron chi connectivity index (χ4n) is 3.36. The van der Waals surface area contributed by atoms with E-state index in [1.54, 1.807) is 25.1 Å². The van der Waals surface area contributed by atoms with Crippen molar-refractivity contribution in [1.29, 1.82) is 0 Å². The van der Waals surface area contributed by atoms with Gasteiger partial charge in [0.2, 0.25) is 0 Å². The van der Waals surface area contributed by atoms with Crippen LogP contribution in [-0.2, 0) is 0 Å². The highest BCUT2D eigenvalue weighted by molar-refractivity contribution is 6.31. The van der Waals surface area contributed by atoms with Gasteiger partial charge in [-0.05, 0) is 75.1 Å². The van der Waals surface area contributed by atoms with E-state index in [-0.39, 0.29) is 22.5 Å². The summed E-state index contributed by atoms with van der Waals surface area (Å²) in [7, 11) is 0. The normalized spacial score (nSPS) is 16.9. The van der Waals surface area contributed by atoms with E-state index in [1.807, 2.05) is 4.90 Å². The average molecular weight is 389 g/mol. The van der Waals surface area contributed by atoms with Gasteiger partial charge in [0.25, 0.3) is 11.8 Å². The first kappa shape index (κ1) is 19.4. The van der Waals surface area contributed by atoms with Crippen molar-refractivity contribution in [3.8, 4) is 0 Å². The molecular weight excluding hydrogens is 367 g/mol. The molecule has 1 aliphatic rings. The van der Waals surface area contributed by atoms with E-state index < -0.39 is 11.7 Å². The molecule has 4 nitrogen and oxygen atoms in total. The van der Waals surface area contributed by atoms with Gasteiger partial charge in [0, 0.05) is 28.9 Å². The average Bonchev–Trinajstić information content (AvgIpc) is 2.65. The number of nitrogens with one attached hydrogen (secondary N) is 1. The summed E-state index contributed by atoms with van der Waals surface area (Å²) >= 11 is 5.85. The molecule has 1 saturated heterocycles. The maximum absolute atomic E-state index is 13.9. The highest BCUT2D eigenvalue weighted by Crippen LogP contribution is 2.23. The van der Waals surface area contributed by atoms with Gasteiger partial charge in [-0.25, -0.2) is 4.39 Å². The Morgan fingerprint density at radius 3 is 2.67 bits per heavy atom. The lowest BCUT2D eigenvalue weighted by molar-refractivity contribution is 0.0635. The van der Waals surface area contributed by atoms with Gasteiger partial charge in [-0.1, -0.05) is 11.6 Å². The molecule has 1 N–H and O–H groups in total. The molecule has 6 heteroatoms. The highest BCUT2D eigenvalue weighted by Gasteiger charge is 2.24. The van der Waals surface area contributed by atoms with E-state index in [0.29, 0.717) is 11.3 Å². The van der Waals surface area contributed by atoms with Gasteiger partial charge in [0.1, 0.15) is 5.82 Å². The van der Waals surface area contributed by atoms with Gasteiger partial charge in [-0.15, -0.1) is 0 Å². The molecule has 0 radical (unpaired) electrons. The van der Waals surface area contributed by atoms with E-state index in [9.17, 15) is 14.0 Å². The summed E-state index contributed by atoms with van der Waals surface area (Å²) in [5.74, 6) is -1.22. The number of carbonyl (C=O) groups is 2. The minimum atomic E-state index is -0.638. The second-order valence-electron chi connectivity index (χ2n) is 6.95. The Hall–Kier alpha value is -2.40. The number of benzene rings is 2. The standard InChI is InChI=1S/C21H22ClFN2O2/c1-13-11-15(21(27)25-10-4-3-5-14(25)2)6-9-19(13)24-20(26)17-12-16(22)7-8-18(17)23/h6-9,11-12,14H,3-5,10H2,1-2H3,(H,24,26). The number of piperidine rings is 1. The first-order valence-corrected chi connectivity index (χ1v) is 9.42. The second-order valence-corrected chi connectivity index (χ2v) is 7.39. The van der Waals surface area contributed by atoms with E-state index >= 15 is 0 Å². The SMILES string of the molecule is Cc1cc(C(=O)N2CCCCC2C)ccc1NC(=O)c1cc(Cl)ccc1F. The van der Waals surface area contributed by atoms with Crippen molar-refractivity contribution in [2.45, 2.75) is 39.2 Å². The van der Waals surface area contributed by atoms with Crippen LogP contribution in [0.15, 0.2) is 36.4 Å². The summed E-state index contributed by atoms with van der Waals surface area (Å²) in [5, 5.41) is 2.97. The van der Waals surface area contributed by atoms with Crippen LogP contribution >= 0.6 is 11.6 Å². The number of rotatable bonds is 3. The van der Waals surface area contributed by atoms with E-state index in [0.717, 1.165) is 37.4 Å². The minimum absolute atomic E-state index is 0.00376. The third-order valence-electron chi connectivity index (χ3n) is 4.96. The number of hydrogen-bond acceptors (Lipinski definition) is 2. The fraction of sp³-hybridized carbons (Fsp3) is 0.333. The quantitative estimate of drug-likeness (QED) is 0.799. The van der Waals surface area contributed by atoms with Crippen LogP contribution in [0, 0.1) is 12.7 Å². The van der Waals surface area contributed by atoms with Gasteiger partial charge in [-0.3, -0.25) is 9.59 Å². The number of carbonyl (C=O) groups excluding carboxylic acids is 2. The van der Waals surface area contributed by atoms with Crippen LogP contribution in [-0.4, -0.2) is 29.3 Å². The van der Waals surface area contributed by atoms with Crippen LogP contribution in [0.1, 0.15) is 52.5 Å². The molecule has 1 aliphatic heterocycles. The summed E-state index contributed by atoms with van der Waals surface area (Å²) in [6.45, 7) is 4.64. The van der Waals surface area contributed by atoms with E-state index in [2.05, 4.69) is 12.2 Å². The lowest BCUT2D eigenvalue weighted by atomic mass is 10.0. The van der Waals surface area contributed by atoms with Crippen LogP contribution in [0.4, 0.5) is 10.1 Å². The third kappa shape index (κ3) is 4.30. The monoisotopic (exact) mass is 388 g/mol. The summed E-state index contributed by atoms with van der Waals surface area (Å²) in [4.78, 5) is 27.0. The summed E-state index contributed by atoms with van der Waals surface area (Å²) < 4.78 is 13.9. The second kappa shape index (κ2) is 8.09. The van der Waals surface area contributed by atoms with Crippen molar-refractivity contribution in [3.05, 3.63) is 63.9 Å². The molecule has 0 bridgehead atoms. The number of halogens is 2. The van der Waals surface area contributed by atoms with Crippen LogP contribution in [0.3, 0.4) is 0 Å². The Morgan fingerprint density at radius 1 is 1.19 bits per heavy atom. The summed E-state index contributed by atoms with van der Waals surface area (Å²) in [5.41, 5.74) is 1.74. The summed E-state index contributed by atoms with van der Waals surface area (Å²) in [6, 6.07) is 9.20. The molecule has 1 unspecified atom stereocenters. The van der Waals surface area contributed by atoms with Crippen molar-refractivity contribution in [2.24, 2.45) is 0 Å². The van der Waals surface area contributed by atoms with Crippen molar-refractivity contribution < 1.29 is 14.0 Å². The molecule has 1 atom stereocenters. The Labute approximate surface area is 163 Å². The topological polar surface area (TPSA) is 49.4 Å². The molecule has 3 rings (SSSR count). The lowest BCUT2D eigenvalue weighted by Gasteiger charge is -2.33. The number of aryl methyl sites for hydroxylation is 1. The minimum Gasteiger partial charge on any atom is -0.336 e. The molecule has 1 heterocycles. The number of amides is 2. The first-order valence-electron chi connectivity index (χ1n) is 9.05.